The van der Waals surface area contributed by atoms with E-state index in [4.69, 9.17) is 0 Å². The summed E-state index contributed by atoms with van der Waals surface area (Å²) in [5.74, 6) is 0. The molecule has 0 N–H and O–H groups in total. The van der Waals surface area contributed by atoms with Gasteiger partial charge in [0.25, 0.3) is 0 Å². The maximum Gasteiger partial charge on any atom is 0.183 e. The highest BCUT2D eigenvalue weighted by molar-refractivity contribution is 8.00. The third-order valence-corrected chi connectivity index (χ3v) is 19.0. The van der Waals surface area contributed by atoms with Crippen LogP contribution in [0.5, 0.6) is 0 Å². The lowest BCUT2D eigenvalue weighted by Gasteiger charge is -2.38. The number of fused-ring (bicyclic) bond motifs is 11. The van der Waals surface area contributed by atoms with Crippen molar-refractivity contribution in [3.05, 3.63) is 224 Å². The smallest absolute Gasteiger partial charge is 0.183 e. The molecule has 3 heteroatoms. The first-order valence-corrected chi connectivity index (χ1v) is 23.2. The van der Waals surface area contributed by atoms with Gasteiger partial charge in [-0.2, -0.15) is 0 Å². The fraction of sp³-hybridized carbons (Fsp3) is 0. The fourth-order valence-electron chi connectivity index (χ4n) is 10.00. The molecule has 59 heavy (non-hydrogen) atoms. The molecule has 0 saturated heterocycles. The minimum Gasteiger partial charge on any atom is -0.309 e. The van der Waals surface area contributed by atoms with E-state index in [-0.39, 0.29) is 0 Å². The van der Waals surface area contributed by atoms with Crippen LogP contribution in [-0.4, -0.2) is 8.07 Å². The Hall–Kier alpha value is -6.91. The molecule has 10 aromatic carbocycles. The summed E-state index contributed by atoms with van der Waals surface area (Å²) in [6.07, 6.45) is 0. The van der Waals surface area contributed by atoms with E-state index in [1.54, 1.807) is 0 Å². The van der Waals surface area contributed by atoms with Crippen LogP contribution in [0.4, 0.5) is 17.1 Å². The summed E-state index contributed by atoms with van der Waals surface area (Å²) in [4.78, 5) is 5.21. The molecule has 0 aromatic heterocycles. The summed E-state index contributed by atoms with van der Waals surface area (Å²) in [6.45, 7) is 0. The first-order valence-electron chi connectivity index (χ1n) is 20.3. The van der Waals surface area contributed by atoms with Gasteiger partial charge in [-0.25, -0.2) is 0 Å². The van der Waals surface area contributed by atoms with Crippen molar-refractivity contribution < 1.29 is 0 Å². The summed E-state index contributed by atoms with van der Waals surface area (Å²) in [6, 6.07) is 83.7. The molecule has 2 aliphatic heterocycles. The molecule has 1 spiro atoms. The number of nitrogens with zero attached hydrogens (tertiary/aromatic N) is 1. The van der Waals surface area contributed by atoms with Crippen LogP contribution in [-0.2, 0) is 0 Å². The van der Waals surface area contributed by atoms with Crippen LogP contribution in [0, 0.1) is 0 Å². The number of benzene rings is 10. The normalized spacial score (nSPS) is 13.2. The highest BCUT2D eigenvalue weighted by Gasteiger charge is 2.52. The summed E-state index contributed by atoms with van der Waals surface area (Å²) in [5, 5.41) is 10.9. The zero-order valence-electron chi connectivity index (χ0n) is 32.2. The predicted octanol–water partition coefficient (Wildman–Crippen LogP) is 12.6. The van der Waals surface area contributed by atoms with Crippen molar-refractivity contribution >= 4 is 79.2 Å². The topological polar surface area (TPSA) is 3.24 Å². The third-order valence-electron chi connectivity index (χ3n) is 12.5. The van der Waals surface area contributed by atoms with Gasteiger partial charge in [0.05, 0.1) is 11.4 Å². The molecule has 0 amide bonds. The van der Waals surface area contributed by atoms with Crippen LogP contribution in [0.1, 0.15) is 0 Å². The Morgan fingerprint density at radius 1 is 0.322 bits per heavy atom. The Kier molecular flexibility index (Phi) is 7.87. The number of anilines is 3. The van der Waals surface area contributed by atoms with Crippen molar-refractivity contribution in [3.8, 4) is 33.4 Å². The molecule has 0 saturated carbocycles. The zero-order chi connectivity index (χ0) is 38.9. The van der Waals surface area contributed by atoms with E-state index in [0.29, 0.717) is 0 Å². The lowest BCUT2D eigenvalue weighted by molar-refractivity contribution is 1.31. The van der Waals surface area contributed by atoms with Crippen LogP contribution in [0.3, 0.4) is 0 Å². The Morgan fingerprint density at radius 3 is 1.66 bits per heavy atom. The van der Waals surface area contributed by atoms with Crippen molar-refractivity contribution in [2.75, 3.05) is 4.90 Å². The Morgan fingerprint density at radius 2 is 0.881 bits per heavy atom. The van der Waals surface area contributed by atoms with E-state index in [2.05, 4.69) is 229 Å². The summed E-state index contributed by atoms with van der Waals surface area (Å²) in [5.41, 5.74) is 11.1. The second kappa shape index (κ2) is 13.6. The van der Waals surface area contributed by atoms with Gasteiger partial charge in [0.15, 0.2) is 8.07 Å². The molecule has 0 radical (unpaired) electrons. The number of hydrogen-bond donors (Lipinski definition) is 0. The zero-order valence-corrected chi connectivity index (χ0v) is 34.0. The maximum atomic E-state index is 2.57. The molecule has 0 aliphatic carbocycles. The van der Waals surface area contributed by atoms with Crippen LogP contribution in [0.2, 0.25) is 0 Å². The van der Waals surface area contributed by atoms with Crippen LogP contribution in [0.15, 0.2) is 234 Å². The molecule has 276 valence electrons. The summed E-state index contributed by atoms with van der Waals surface area (Å²) >= 11 is 1.93. The Bertz CT molecular complexity index is 3210. The van der Waals surface area contributed by atoms with Gasteiger partial charge in [0.2, 0.25) is 0 Å². The average molecular weight is 784 g/mol. The van der Waals surface area contributed by atoms with Gasteiger partial charge in [-0.15, -0.1) is 0 Å². The minimum absolute atomic E-state index is 1.12. The van der Waals surface area contributed by atoms with Gasteiger partial charge in [0.1, 0.15) is 0 Å². The van der Waals surface area contributed by atoms with Crippen molar-refractivity contribution in [2.24, 2.45) is 0 Å². The molecule has 0 unspecified atom stereocenters. The van der Waals surface area contributed by atoms with Gasteiger partial charge < -0.3 is 4.90 Å². The minimum atomic E-state index is -2.64. The number of hydrogen-bond acceptors (Lipinski definition) is 2. The summed E-state index contributed by atoms with van der Waals surface area (Å²) in [7, 11) is -2.64. The number of rotatable bonds is 5. The van der Waals surface area contributed by atoms with Gasteiger partial charge >= 0.3 is 0 Å². The Labute approximate surface area is 349 Å². The van der Waals surface area contributed by atoms with Crippen molar-refractivity contribution in [1.82, 2.24) is 0 Å². The quantitative estimate of drug-likeness (QED) is 0.160. The molecule has 0 fully saturated rings. The van der Waals surface area contributed by atoms with Crippen LogP contribution < -0.4 is 25.6 Å². The highest BCUT2D eigenvalue weighted by Crippen LogP contribution is 2.45. The van der Waals surface area contributed by atoms with E-state index < -0.39 is 8.07 Å². The second-order valence-electron chi connectivity index (χ2n) is 15.6. The molecule has 2 aliphatic rings. The van der Waals surface area contributed by atoms with Crippen molar-refractivity contribution in [1.29, 1.82) is 0 Å². The first-order chi connectivity index (χ1) is 29.3. The largest absolute Gasteiger partial charge is 0.309 e. The predicted molar refractivity (Wildman–Crippen MR) is 254 cm³/mol. The lowest BCUT2D eigenvalue weighted by Crippen LogP contribution is -2.74. The molecular formula is C56H37NSSi. The highest BCUT2D eigenvalue weighted by atomic mass is 32.2. The standard InChI is InChI=1S/C56H37NSSi/c1-2-15-38(16-3-1)39-29-32-42(33-30-39)57(49-24-14-18-40-17-4-5-19-44(40)49)50-35-34-43(45-20-6-7-21-46(45)50)41-31-36-52-56(37-41)59(55-28-13-10-25-51(55)58-52)53-26-11-8-22-47(53)48-23-9-12-27-54(48)59/h1-37H. The lowest BCUT2D eigenvalue weighted by atomic mass is 9.96. The molecule has 10 aromatic rings. The summed E-state index contributed by atoms with van der Waals surface area (Å²) < 4.78 is 0. The molecule has 0 atom stereocenters. The van der Waals surface area contributed by atoms with Gasteiger partial charge in [0, 0.05) is 26.3 Å². The van der Waals surface area contributed by atoms with E-state index in [1.165, 1.54) is 85.5 Å². The van der Waals surface area contributed by atoms with Crippen LogP contribution in [0.25, 0.3) is 54.9 Å². The first kappa shape index (κ1) is 34.2. The van der Waals surface area contributed by atoms with Gasteiger partial charge in [-0.1, -0.05) is 200 Å². The monoisotopic (exact) mass is 783 g/mol. The Balaban J connectivity index is 1.07. The fourth-order valence-corrected chi connectivity index (χ4v) is 17.4. The third kappa shape index (κ3) is 5.18. The average Bonchev–Trinajstić information content (AvgIpc) is 3.60. The molecule has 12 rings (SSSR count). The van der Waals surface area contributed by atoms with Gasteiger partial charge in [-0.3, -0.25) is 0 Å². The van der Waals surface area contributed by atoms with E-state index in [1.807, 2.05) is 11.8 Å². The SMILES string of the molecule is c1ccc(-c2ccc(N(c3cccc4ccccc34)c3ccc(-c4ccc5c(c4)[Si]4(c6ccccc6S5)c5ccccc5-c5ccccc54)c4ccccc34)cc2)cc1. The molecular weight excluding hydrogens is 747 g/mol. The van der Waals surface area contributed by atoms with Crippen molar-refractivity contribution in [3.63, 3.8) is 0 Å². The molecule has 2 heterocycles. The van der Waals surface area contributed by atoms with E-state index in [9.17, 15) is 0 Å². The van der Waals surface area contributed by atoms with Gasteiger partial charge in [-0.05, 0) is 101 Å². The van der Waals surface area contributed by atoms with E-state index in [0.717, 1.165) is 17.1 Å². The van der Waals surface area contributed by atoms with Crippen molar-refractivity contribution in [2.45, 2.75) is 9.79 Å². The second-order valence-corrected chi connectivity index (χ2v) is 20.3. The maximum absolute atomic E-state index is 2.64. The molecule has 0 bridgehead atoms. The van der Waals surface area contributed by atoms with Crippen LogP contribution >= 0.6 is 11.8 Å². The molecule has 1 nitrogen and oxygen atoms in total. The van der Waals surface area contributed by atoms with E-state index >= 15 is 0 Å².